The van der Waals surface area contributed by atoms with Crippen molar-refractivity contribution in [3.8, 4) is 11.5 Å². The van der Waals surface area contributed by atoms with Gasteiger partial charge < -0.3 is 23.9 Å². The summed E-state index contributed by atoms with van der Waals surface area (Å²) >= 11 is 13.8. The average Bonchev–Trinajstić information content (AvgIpc) is 3.57. The van der Waals surface area contributed by atoms with Crippen LogP contribution < -0.4 is 14.2 Å². The number of rotatable bonds is 12. The van der Waals surface area contributed by atoms with E-state index in [4.69, 9.17) is 37.2 Å². The van der Waals surface area contributed by atoms with Crippen molar-refractivity contribution < 1.29 is 45.5 Å². The lowest BCUT2D eigenvalue weighted by atomic mass is 10.0. The van der Waals surface area contributed by atoms with Gasteiger partial charge in [0.15, 0.2) is 29.3 Å². The van der Waals surface area contributed by atoms with Gasteiger partial charge in [-0.2, -0.15) is 17.8 Å². The summed E-state index contributed by atoms with van der Waals surface area (Å²) in [5.74, 6) is -0.528. The molecule has 250 valence electrons. The van der Waals surface area contributed by atoms with Crippen molar-refractivity contribution >= 4 is 62.1 Å². The third-order valence-electron chi connectivity index (χ3n) is 7.57. The molecule has 18 heteroatoms. The van der Waals surface area contributed by atoms with Gasteiger partial charge in [0.25, 0.3) is 5.71 Å². The summed E-state index contributed by atoms with van der Waals surface area (Å²) in [6, 6.07) is 5.47. The van der Waals surface area contributed by atoms with Crippen LogP contribution in [0.1, 0.15) is 35.8 Å². The highest BCUT2D eigenvalue weighted by Gasteiger charge is 2.42. The van der Waals surface area contributed by atoms with E-state index in [2.05, 4.69) is 14.9 Å². The van der Waals surface area contributed by atoms with Crippen LogP contribution in [0.15, 0.2) is 52.3 Å². The number of carbonyl (C=O) groups excluding carboxylic acids is 1. The summed E-state index contributed by atoms with van der Waals surface area (Å²) in [4.78, 5) is 17.7. The van der Waals surface area contributed by atoms with Crippen LogP contribution in [0.3, 0.4) is 0 Å². The molecule has 1 aliphatic carbocycles. The van der Waals surface area contributed by atoms with E-state index in [9.17, 15) is 27.2 Å². The third kappa shape index (κ3) is 7.36. The topological polar surface area (TPSA) is 148 Å². The molecule has 4 heterocycles. The summed E-state index contributed by atoms with van der Waals surface area (Å²) in [6.07, 6.45) is 3.84. The average molecular weight is 732 g/mol. The molecule has 6 rings (SSSR count). The number of thioether (sulfide) groups is 1. The number of hydrogen-bond donors (Lipinski definition) is 0. The van der Waals surface area contributed by atoms with Crippen LogP contribution in [0.5, 0.6) is 11.5 Å². The molecule has 2 atom stereocenters. The van der Waals surface area contributed by atoms with Crippen molar-refractivity contribution in [3.05, 3.63) is 74.9 Å². The number of alkyl halides is 2. The standard InChI is InChI=1S/C29H26Cl2F2N4O8S2/c1-15-19-9-18(11-34-26(19)45-35-15)47(40,41)37-6-7-46-27(37)28(38)43-24(10-20-21(30)12-36(39)13-22(20)31)17-4-5-23(44-29(32)33)25(8-17)42-14-16-2-3-16/h4-5,8-9,11-13,16,24,27,29H,2-3,6-7,10,14H2,1H3/t24-,27-/m0/s1. The van der Waals surface area contributed by atoms with E-state index in [-0.39, 0.29) is 63.2 Å². The molecular formula is C29H26Cl2F2N4O8S2. The molecule has 1 saturated heterocycles. The zero-order valence-corrected chi connectivity index (χ0v) is 27.6. The number of sulfonamides is 1. The Labute approximate surface area is 281 Å². The lowest BCUT2D eigenvalue weighted by Crippen LogP contribution is -2.40. The van der Waals surface area contributed by atoms with Gasteiger partial charge in [-0.05, 0) is 49.4 Å². The number of aromatic nitrogens is 3. The minimum absolute atomic E-state index is 0.00442. The van der Waals surface area contributed by atoms with Gasteiger partial charge in [-0.25, -0.2) is 18.2 Å². The van der Waals surface area contributed by atoms with Gasteiger partial charge in [-0.1, -0.05) is 34.4 Å². The van der Waals surface area contributed by atoms with Gasteiger partial charge in [0.2, 0.25) is 10.0 Å². The molecule has 0 spiro atoms. The Hall–Kier alpha value is -3.44. The van der Waals surface area contributed by atoms with Crippen LogP contribution in [-0.2, 0) is 26.0 Å². The normalized spacial score (nSPS) is 17.7. The van der Waals surface area contributed by atoms with Crippen LogP contribution in [0.2, 0.25) is 10.0 Å². The minimum Gasteiger partial charge on any atom is -0.619 e. The number of pyridine rings is 2. The van der Waals surface area contributed by atoms with Gasteiger partial charge in [0, 0.05) is 24.3 Å². The number of halogens is 4. The maximum atomic E-state index is 13.8. The molecule has 0 bridgehead atoms. The smallest absolute Gasteiger partial charge is 0.387 e. The Morgan fingerprint density at radius 3 is 2.66 bits per heavy atom. The van der Waals surface area contributed by atoms with Crippen LogP contribution in [0.25, 0.3) is 11.1 Å². The number of aryl methyl sites for hydroxylation is 1. The summed E-state index contributed by atoms with van der Waals surface area (Å²) in [6.45, 7) is -1.19. The van der Waals surface area contributed by atoms with Gasteiger partial charge in [-0.3, -0.25) is 0 Å². The highest BCUT2D eigenvalue weighted by molar-refractivity contribution is 8.02. The fourth-order valence-electron chi connectivity index (χ4n) is 4.95. The molecule has 1 aromatic carbocycles. The Kier molecular flexibility index (Phi) is 9.67. The molecule has 2 fully saturated rings. The second-order valence-electron chi connectivity index (χ2n) is 10.9. The van der Waals surface area contributed by atoms with Crippen molar-refractivity contribution in [1.82, 2.24) is 14.4 Å². The van der Waals surface area contributed by atoms with Crippen LogP contribution in [-0.4, -0.2) is 59.7 Å². The highest BCUT2D eigenvalue weighted by Crippen LogP contribution is 2.39. The van der Waals surface area contributed by atoms with E-state index >= 15 is 0 Å². The zero-order chi connectivity index (χ0) is 33.5. The van der Waals surface area contributed by atoms with Gasteiger partial charge in [0.05, 0.1) is 23.9 Å². The number of benzene rings is 1. The fraction of sp³-hybridized carbons (Fsp3) is 0.379. The fourth-order valence-corrected chi connectivity index (χ4v) is 8.57. The molecule has 1 saturated carbocycles. The Morgan fingerprint density at radius 1 is 1.21 bits per heavy atom. The van der Waals surface area contributed by atoms with E-state index < -0.39 is 34.1 Å². The number of esters is 1. The van der Waals surface area contributed by atoms with Crippen molar-refractivity contribution in [1.29, 1.82) is 0 Å². The first-order valence-electron chi connectivity index (χ1n) is 14.2. The minimum atomic E-state index is -4.24. The summed E-state index contributed by atoms with van der Waals surface area (Å²) in [7, 11) is -4.24. The molecule has 1 aliphatic heterocycles. The van der Waals surface area contributed by atoms with Crippen LogP contribution in [0, 0.1) is 18.0 Å². The second kappa shape index (κ2) is 13.6. The maximum absolute atomic E-state index is 13.8. The van der Waals surface area contributed by atoms with Gasteiger partial charge in [-0.15, -0.1) is 11.8 Å². The predicted octanol–water partition coefficient (Wildman–Crippen LogP) is 5.45. The Balaban J connectivity index is 1.32. The number of hydrogen-bond acceptors (Lipinski definition) is 11. The van der Waals surface area contributed by atoms with E-state index in [1.54, 1.807) is 6.92 Å². The van der Waals surface area contributed by atoms with Crippen LogP contribution in [0.4, 0.5) is 8.78 Å². The zero-order valence-electron chi connectivity index (χ0n) is 24.5. The van der Waals surface area contributed by atoms with Crippen LogP contribution >= 0.6 is 35.0 Å². The molecule has 3 aromatic heterocycles. The lowest BCUT2D eigenvalue weighted by molar-refractivity contribution is -0.605. The first-order chi connectivity index (χ1) is 22.4. The van der Waals surface area contributed by atoms with Crippen molar-refractivity contribution in [3.63, 3.8) is 0 Å². The van der Waals surface area contributed by atoms with Gasteiger partial charge >= 0.3 is 12.6 Å². The van der Waals surface area contributed by atoms with E-state index in [1.807, 2.05) is 0 Å². The Morgan fingerprint density at radius 2 is 1.96 bits per heavy atom. The Bertz CT molecular complexity index is 1910. The maximum Gasteiger partial charge on any atom is 0.387 e. The van der Waals surface area contributed by atoms with E-state index in [0.29, 0.717) is 27.1 Å². The number of nitrogens with zero attached hydrogens (tertiary/aromatic N) is 4. The highest BCUT2D eigenvalue weighted by atomic mass is 35.5. The monoisotopic (exact) mass is 730 g/mol. The number of carbonyl (C=O) groups is 1. The number of fused-ring (bicyclic) bond motifs is 1. The first kappa shape index (κ1) is 33.5. The van der Waals surface area contributed by atoms with Crippen molar-refractivity contribution in [2.45, 2.75) is 49.2 Å². The summed E-state index contributed by atoms with van der Waals surface area (Å²) < 4.78 is 76.8. The van der Waals surface area contributed by atoms with Gasteiger partial charge in [0.1, 0.15) is 21.0 Å². The second-order valence-corrected chi connectivity index (χ2v) is 14.8. The lowest BCUT2D eigenvalue weighted by Gasteiger charge is -2.26. The molecule has 4 aromatic rings. The largest absolute Gasteiger partial charge is 0.619 e. The molecule has 0 radical (unpaired) electrons. The van der Waals surface area contributed by atoms with Crippen molar-refractivity contribution in [2.75, 3.05) is 18.9 Å². The number of ether oxygens (including phenoxy) is 3. The molecule has 12 nitrogen and oxygen atoms in total. The van der Waals surface area contributed by atoms with E-state index in [1.165, 1.54) is 24.3 Å². The SMILES string of the molecule is Cc1noc2ncc(S(=O)(=O)N3CCS[C@H]3C(=O)O[C@@H](Cc3c(Cl)c[n+]([O-])cc3Cl)c3ccc(OC(F)F)c(OCC4CC4)c3)cc12. The summed E-state index contributed by atoms with van der Waals surface area (Å²) in [5, 5.41) is 14.8. The van der Waals surface area contributed by atoms with Crippen molar-refractivity contribution in [2.24, 2.45) is 5.92 Å². The van der Waals surface area contributed by atoms with E-state index in [0.717, 1.165) is 47.5 Å². The first-order valence-corrected chi connectivity index (χ1v) is 17.5. The molecular weight excluding hydrogens is 705 g/mol. The predicted molar refractivity (Wildman–Crippen MR) is 166 cm³/mol. The molecule has 2 aliphatic rings. The molecule has 0 N–H and O–H groups in total. The molecule has 47 heavy (non-hydrogen) atoms. The third-order valence-corrected chi connectivity index (χ3v) is 11.4. The molecule has 0 amide bonds. The molecule has 0 unspecified atom stereocenters. The summed E-state index contributed by atoms with van der Waals surface area (Å²) in [5.41, 5.74) is 1.18. The quantitative estimate of drug-likeness (QED) is 0.104.